The number of benzene rings is 1. The van der Waals surface area contributed by atoms with E-state index >= 15 is 0 Å². The molecule has 0 fully saturated rings. The molecule has 1 aromatic carbocycles. The lowest BCUT2D eigenvalue weighted by Crippen LogP contribution is -2.28. The summed E-state index contributed by atoms with van der Waals surface area (Å²) < 4.78 is 14.3. The summed E-state index contributed by atoms with van der Waals surface area (Å²) >= 11 is 7.69. The molecule has 1 aliphatic carbocycles. The predicted octanol–water partition coefficient (Wildman–Crippen LogP) is 5.37. The quantitative estimate of drug-likeness (QED) is 0.699. The SMILES string of the molecule is Fc1ccc2c(c1)C1C=CCC1C(c1ccc(Cl)s1)N2. The lowest BCUT2D eigenvalue weighted by molar-refractivity contribution is 0.428. The molecule has 0 amide bonds. The van der Waals surface area contributed by atoms with Gasteiger partial charge in [-0.3, -0.25) is 0 Å². The van der Waals surface area contributed by atoms with Crippen LogP contribution in [0.3, 0.4) is 0 Å². The molecule has 2 aliphatic rings. The van der Waals surface area contributed by atoms with Gasteiger partial charge in [-0.15, -0.1) is 11.3 Å². The summed E-state index contributed by atoms with van der Waals surface area (Å²) in [5.41, 5.74) is 2.11. The van der Waals surface area contributed by atoms with Gasteiger partial charge in [-0.25, -0.2) is 4.39 Å². The third-order valence-electron chi connectivity index (χ3n) is 4.23. The molecule has 20 heavy (non-hydrogen) atoms. The van der Waals surface area contributed by atoms with Gasteiger partial charge in [0.15, 0.2) is 0 Å². The van der Waals surface area contributed by atoms with E-state index < -0.39 is 0 Å². The summed E-state index contributed by atoms with van der Waals surface area (Å²) in [5.74, 6) is 0.578. The van der Waals surface area contributed by atoms with Crippen molar-refractivity contribution in [2.45, 2.75) is 18.4 Å². The monoisotopic (exact) mass is 305 g/mol. The van der Waals surface area contributed by atoms with Crippen molar-refractivity contribution in [3.8, 4) is 0 Å². The molecule has 0 bridgehead atoms. The third-order valence-corrected chi connectivity index (χ3v) is 5.54. The van der Waals surface area contributed by atoms with E-state index in [9.17, 15) is 4.39 Å². The molecule has 1 N–H and O–H groups in total. The summed E-state index contributed by atoms with van der Waals surface area (Å²) in [6, 6.07) is 9.31. The van der Waals surface area contributed by atoms with Crippen molar-refractivity contribution in [3.05, 3.63) is 63.1 Å². The highest BCUT2D eigenvalue weighted by atomic mass is 35.5. The molecule has 4 heteroatoms. The van der Waals surface area contributed by atoms with Crippen LogP contribution < -0.4 is 5.32 Å². The summed E-state index contributed by atoms with van der Waals surface area (Å²) in [6.45, 7) is 0. The molecule has 0 spiro atoms. The first kappa shape index (κ1) is 12.4. The molecule has 3 unspecified atom stereocenters. The van der Waals surface area contributed by atoms with E-state index in [-0.39, 0.29) is 11.9 Å². The topological polar surface area (TPSA) is 12.0 Å². The molecule has 0 saturated heterocycles. The van der Waals surface area contributed by atoms with Crippen LogP contribution in [0.2, 0.25) is 4.34 Å². The van der Waals surface area contributed by atoms with Gasteiger partial charge in [0.1, 0.15) is 5.82 Å². The lowest BCUT2D eigenvalue weighted by Gasteiger charge is -2.36. The number of hydrogen-bond acceptors (Lipinski definition) is 2. The van der Waals surface area contributed by atoms with Gasteiger partial charge in [0.2, 0.25) is 0 Å². The van der Waals surface area contributed by atoms with Gasteiger partial charge in [-0.2, -0.15) is 0 Å². The number of fused-ring (bicyclic) bond motifs is 3. The fraction of sp³-hybridized carbons (Fsp3) is 0.250. The van der Waals surface area contributed by atoms with Gasteiger partial charge < -0.3 is 5.32 Å². The summed E-state index contributed by atoms with van der Waals surface area (Å²) in [6.07, 6.45) is 5.44. The molecule has 1 aliphatic heterocycles. The molecule has 3 atom stereocenters. The Morgan fingerprint density at radius 3 is 2.95 bits per heavy atom. The summed E-state index contributed by atoms with van der Waals surface area (Å²) in [5, 5.41) is 3.57. The van der Waals surface area contributed by atoms with Gasteiger partial charge in [-0.1, -0.05) is 23.8 Å². The fourth-order valence-electron chi connectivity index (χ4n) is 3.34. The first-order valence-electron chi connectivity index (χ1n) is 6.70. The normalized spacial score (nSPS) is 27.0. The predicted molar refractivity (Wildman–Crippen MR) is 82.1 cm³/mol. The molecule has 1 aromatic heterocycles. The third kappa shape index (κ3) is 1.88. The van der Waals surface area contributed by atoms with Crippen LogP contribution in [0.1, 0.15) is 28.8 Å². The average Bonchev–Trinajstić information content (AvgIpc) is 3.07. The molecule has 1 nitrogen and oxygen atoms in total. The summed E-state index contributed by atoms with van der Waals surface area (Å²) in [4.78, 5) is 1.25. The van der Waals surface area contributed by atoms with Crippen molar-refractivity contribution in [2.75, 3.05) is 5.32 Å². The van der Waals surface area contributed by atoms with Crippen LogP contribution in [0.5, 0.6) is 0 Å². The number of rotatable bonds is 1. The van der Waals surface area contributed by atoms with E-state index in [1.165, 1.54) is 10.9 Å². The molecule has 4 rings (SSSR count). The van der Waals surface area contributed by atoms with Crippen molar-refractivity contribution in [1.29, 1.82) is 0 Å². The molecular formula is C16H13ClFNS. The number of anilines is 1. The van der Waals surface area contributed by atoms with E-state index in [1.807, 2.05) is 12.1 Å². The number of hydrogen-bond donors (Lipinski definition) is 1. The highest BCUT2D eigenvalue weighted by Crippen LogP contribution is 2.51. The van der Waals surface area contributed by atoms with Gasteiger partial charge >= 0.3 is 0 Å². The second-order valence-corrected chi connectivity index (χ2v) is 7.10. The van der Waals surface area contributed by atoms with Gasteiger partial charge in [0.25, 0.3) is 0 Å². The Labute approximate surface area is 126 Å². The minimum Gasteiger partial charge on any atom is -0.377 e. The Morgan fingerprint density at radius 2 is 2.15 bits per heavy atom. The van der Waals surface area contributed by atoms with Gasteiger partial charge in [-0.05, 0) is 48.2 Å². The molecular weight excluding hydrogens is 293 g/mol. The molecule has 2 heterocycles. The first-order chi connectivity index (χ1) is 9.72. The Balaban J connectivity index is 1.80. The van der Waals surface area contributed by atoms with Crippen LogP contribution in [-0.4, -0.2) is 0 Å². The first-order valence-corrected chi connectivity index (χ1v) is 7.90. The maximum Gasteiger partial charge on any atom is 0.123 e. The Bertz CT molecular complexity index is 694. The second-order valence-electron chi connectivity index (χ2n) is 5.35. The molecule has 102 valence electrons. The summed E-state index contributed by atoms with van der Waals surface area (Å²) in [7, 11) is 0. The largest absolute Gasteiger partial charge is 0.377 e. The van der Waals surface area contributed by atoms with Crippen molar-refractivity contribution in [1.82, 2.24) is 0 Å². The number of allylic oxidation sites excluding steroid dienone is 2. The van der Waals surface area contributed by atoms with Crippen LogP contribution in [0.25, 0.3) is 0 Å². The minimum absolute atomic E-state index is 0.165. The standard InChI is InChI=1S/C16H13ClFNS/c17-15-7-6-14(20-15)16-11-3-1-2-10(11)12-8-9(18)4-5-13(12)19-16/h1-2,4-8,10-11,16,19H,3H2. The Kier molecular flexibility index (Phi) is 2.86. The molecule has 0 radical (unpaired) electrons. The molecule has 0 saturated carbocycles. The smallest absolute Gasteiger partial charge is 0.123 e. The zero-order valence-electron chi connectivity index (χ0n) is 10.6. The van der Waals surface area contributed by atoms with Crippen LogP contribution in [-0.2, 0) is 0 Å². The zero-order chi connectivity index (χ0) is 13.7. The van der Waals surface area contributed by atoms with E-state index in [1.54, 1.807) is 17.4 Å². The Morgan fingerprint density at radius 1 is 1.25 bits per heavy atom. The van der Waals surface area contributed by atoms with Gasteiger partial charge in [0.05, 0.1) is 10.4 Å². The highest BCUT2D eigenvalue weighted by Gasteiger charge is 2.38. The van der Waals surface area contributed by atoms with Crippen molar-refractivity contribution in [3.63, 3.8) is 0 Å². The van der Waals surface area contributed by atoms with E-state index in [0.29, 0.717) is 11.8 Å². The van der Waals surface area contributed by atoms with E-state index in [2.05, 4.69) is 23.5 Å². The maximum atomic E-state index is 13.5. The van der Waals surface area contributed by atoms with Crippen molar-refractivity contribution in [2.24, 2.45) is 5.92 Å². The Hall–Kier alpha value is -1.32. The van der Waals surface area contributed by atoms with Crippen LogP contribution in [0, 0.1) is 11.7 Å². The zero-order valence-corrected chi connectivity index (χ0v) is 12.2. The molecule has 2 aromatic rings. The maximum absolute atomic E-state index is 13.5. The number of thiophene rings is 1. The second kappa shape index (κ2) is 4.61. The van der Waals surface area contributed by atoms with Gasteiger partial charge in [0, 0.05) is 16.5 Å². The van der Waals surface area contributed by atoms with E-state index in [4.69, 9.17) is 11.6 Å². The lowest BCUT2D eigenvalue weighted by atomic mass is 9.79. The van der Waals surface area contributed by atoms with Crippen molar-refractivity contribution < 1.29 is 4.39 Å². The number of nitrogens with one attached hydrogen (secondary N) is 1. The average molecular weight is 306 g/mol. The van der Waals surface area contributed by atoms with E-state index in [0.717, 1.165) is 22.0 Å². The minimum atomic E-state index is -0.165. The highest BCUT2D eigenvalue weighted by molar-refractivity contribution is 7.16. The van der Waals surface area contributed by atoms with Crippen LogP contribution >= 0.6 is 22.9 Å². The fourth-order valence-corrected chi connectivity index (χ4v) is 4.53. The number of halogens is 2. The van der Waals surface area contributed by atoms with Crippen LogP contribution in [0.15, 0.2) is 42.5 Å². The van der Waals surface area contributed by atoms with Crippen LogP contribution in [0.4, 0.5) is 10.1 Å². The van der Waals surface area contributed by atoms with Crippen molar-refractivity contribution >= 4 is 28.6 Å².